The number of carbonyl (C=O) groups is 1. The van der Waals surface area contributed by atoms with E-state index in [4.69, 9.17) is 0 Å². The van der Waals surface area contributed by atoms with Crippen LogP contribution < -0.4 is 10.1 Å². The summed E-state index contributed by atoms with van der Waals surface area (Å²) in [6, 6.07) is 3.64. The molecular formula is C17H16BrF3N2O2. The van der Waals surface area contributed by atoms with Gasteiger partial charge in [-0.3, -0.25) is 9.79 Å². The molecule has 1 aromatic carbocycles. The lowest BCUT2D eigenvalue weighted by Gasteiger charge is -2.18. The van der Waals surface area contributed by atoms with Crippen LogP contribution in [0.1, 0.15) is 30.1 Å². The maximum Gasteiger partial charge on any atom is 0.573 e. The lowest BCUT2D eigenvalue weighted by Crippen LogP contribution is -2.42. The van der Waals surface area contributed by atoms with Crippen LogP contribution >= 0.6 is 15.9 Å². The third-order valence-electron chi connectivity index (χ3n) is 3.57. The van der Waals surface area contributed by atoms with Crippen molar-refractivity contribution in [3.05, 3.63) is 53.2 Å². The molecule has 0 unspecified atom stereocenters. The summed E-state index contributed by atoms with van der Waals surface area (Å²) >= 11 is 2.99. The SMILES string of the molecule is C=CC(=N/C=C\C)C1(NC(=O)c2ccc(OC(F)(F)F)c(Br)c2)CC1. The predicted octanol–water partition coefficient (Wildman–Crippen LogP) is 4.77. The maximum absolute atomic E-state index is 12.4. The molecule has 1 fully saturated rings. The fourth-order valence-corrected chi connectivity index (χ4v) is 2.70. The number of hydrogen-bond acceptors (Lipinski definition) is 3. The molecule has 0 spiro atoms. The number of nitrogens with zero attached hydrogens (tertiary/aromatic N) is 1. The van der Waals surface area contributed by atoms with Gasteiger partial charge in [0.1, 0.15) is 5.75 Å². The molecule has 0 heterocycles. The van der Waals surface area contributed by atoms with Crippen LogP contribution in [0.15, 0.2) is 52.6 Å². The van der Waals surface area contributed by atoms with Crippen LogP contribution in [-0.2, 0) is 0 Å². The largest absolute Gasteiger partial charge is 0.573 e. The minimum absolute atomic E-state index is 0.0360. The van der Waals surface area contributed by atoms with Gasteiger partial charge in [-0.25, -0.2) is 0 Å². The van der Waals surface area contributed by atoms with Crippen molar-refractivity contribution in [2.75, 3.05) is 0 Å². The van der Waals surface area contributed by atoms with Gasteiger partial charge in [0.05, 0.1) is 15.7 Å². The molecule has 1 N–H and O–H groups in total. The van der Waals surface area contributed by atoms with E-state index >= 15 is 0 Å². The Labute approximate surface area is 151 Å². The van der Waals surface area contributed by atoms with Crippen molar-refractivity contribution in [2.24, 2.45) is 4.99 Å². The van der Waals surface area contributed by atoms with Crippen molar-refractivity contribution >= 4 is 27.5 Å². The van der Waals surface area contributed by atoms with Crippen LogP contribution in [0.2, 0.25) is 0 Å². The first-order valence-electron chi connectivity index (χ1n) is 7.40. The standard InChI is InChI=1S/C17H16BrF3N2O2/c1-3-9-22-14(4-2)16(7-8-16)23-15(24)11-5-6-13(12(18)10-11)25-17(19,20)21/h3-6,9-10H,2,7-8H2,1H3,(H,23,24)/b9-3-,22-14?. The minimum atomic E-state index is -4.80. The maximum atomic E-state index is 12.4. The van der Waals surface area contributed by atoms with Crippen molar-refractivity contribution in [1.82, 2.24) is 5.32 Å². The Morgan fingerprint density at radius 2 is 2.12 bits per heavy atom. The first kappa shape index (κ1) is 19.2. The molecule has 8 heteroatoms. The molecular weight excluding hydrogens is 401 g/mol. The Bertz CT molecular complexity index is 738. The fourth-order valence-electron chi connectivity index (χ4n) is 2.24. The van der Waals surface area contributed by atoms with Crippen LogP contribution in [-0.4, -0.2) is 23.5 Å². The first-order valence-corrected chi connectivity index (χ1v) is 8.20. The number of carbonyl (C=O) groups excluding carboxylic acids is 1. The molecule has 25 heavy (non-hydrogen) atoms. The Morgan fingerprint density at radius 3 is 2.60 bits per heavy atom. The number of amides is 1. The lowest BCUT2D eigenvalue weighted by atomic mass is 10.1. The molecule has 134 valence electrons. The lowest BCUT2D eigenvalue weighted by molar-refractivity contribution is -0.274. The van der Waals surface area contributed by atoms with E-state index in [1.165, 1.54) is 12.1 Å². The number of hydrogen-bond donors (Lipinski definition) is 1. The van der Waals surface area contributed by atoms with Gasteiger partial charge in [-0.05, 0) is 60.0 Å². The van der Waals surface area contributed by atoms with Crippen molar-refractivity contribution in [3.63, 3.8) is 0 Å². The average molecular weight is 417 g/mol. The monoisotopic (exact) mass is 416 g/mol. The fraction of sp³-hybridized carbons (Fsp3) is 0.294. The second-order valence-electron chi connectivity index (χ2n) is 5.43. The number of halogens is 4. The van der Waals surface area contributed by atoms with E-state index in [1.807, 2.05) is 6.92 Å². The van der Waals surface area contributed by atoms with E-state index in [0.29, 0.717) is 5.71 Å². The molecule has 0 aromatic heterocycles. The van der Waals surface area contributed by atoms with Gasteiger partial charge < -0.3 is 10.1 Å². The summed E-state index contributed by atoms with van der Waals surface area (Å²) in [4.78, 5) is 16.7. The van der Waals surface area contributed by atoms with Crippen molar-refractivity contribution in [2.45, 2.75) is 31.7 Å². The summed E-state index contributed by atoms with van der Waals surface area (Å²) in [6.45, 7) is 5.54. The molecule has 4 nitrogen and oxygen atoms in total. The van der Waals surface area contributed by atoms with Gasteiger partial charge in [-0.15, -0.1) is 13.2 Å². The van der Waals surface area contributed by atoms with Crippen molar-refractivity contribution in [1.29, 1.82) is 0 Å². The zero-order valence-electron chi connectivity index (χ0n) is 13.4. The highest BCUT2D eigenvalue weighted by Crippen LogP contribution is 2.38. The van der Waals surface area contributed by atoms with E-state index in [2.05, 4.69) is 37.6 Å². The van der Waals surface area contributed by atoms with Crippen LogP contribution in [0, 0.1) is 0 Å². The number of rotatable bonds is 6. The van der Waals surface area contributed by atoms with Crippen LogP contribution in [0.5, 0.6) is 5.75 Å². The number of allylic oxidation sites excluding steroid dienone is 1. The molecule has 2 rings (SSSR count). The summed E-state index contributed by atoms with van der Waals surface area (Å²) in [5.41, 5.74) is 0.281. The van der Waals surface area contributed by atoms with E-state index in [1.54, 1.807) is 18.4 Å². The molecule has 0 bridgehead atoms. The third-order valence-corrected chi connectivity index (χ3v) is 4.19. The van der Waals surface area contributed by atoms with Gasteiger partial charge in [-0.1, -0.05) is 12.7 Å². The predicted molar refractivity (Wildman–Crippen MR) is 92.7 cm³/mol. The second kappa shape index (κ2) is 7.43. The second-order valence-corrected chi connectivity index (χ2v) is 6.28. The van der Waals surface area contributed by atoms with E-state index in [-0.39, 0.29) is 10.0 Å². The highest BCUT2D eigenvalue weighted by atomic mass is 79.9. The summed E-state index contributed by atoms with van der Waals surface area (Å²) < 4.78 is 40.8. The van der Waals surface area contributed by atoms with Gasteiger partial charge in [-0.2, -0.15) is 0 Å². The number of aliphatic imine (C=N–C) groups is 1. The molecule has 1 aromatic rings. The van der Waals surface area contributed by atoms with E-state index in [0.717, 1.165) is 18.9 Å². The summed E-state index contributed by atoms with van der Waals surface area (Å²) in [7, 11) is 0. The Balaban J connectivity index is 2.16. The van der Waals surface area contributed by atoms with Gasteiger partial charge >= 0.3 is 6.36 Å². The molecule has 0 atom stereocenters. The molecule has 0 aliphatic heterocycles. The zero-order valence-corrected chi connectivity index (χ0v) is 14.9. The molecule has 1 saturated carbocycles. The average Bonchev–Trinajstić information content (AvgIpc) is 3.29. The highest BCUT2D eigenvalue weighted by molar-refractivity contribution is 9.10. The highest BCUT2D eigenvalue weighted by Gasteiger charge is 2.47. The van der Waals surface area contributed by atoms with Crippen molar-refractivity contribution < 1.29 is 22.7 Å². The zero-order chi connectivity index (χ0) is 18.7. The molecule has 0 saturated heterocycles. The van der Waals surface area contributed by atoms with Gasteiger partial charge in [0.2, 0.25) is 0 Å². The van der Waals surface area contributed by atoms with E-state index < -0.39 is 23.6 Å². The number of nitrogens with one attached hydrogen (secondary N) is 1. The summed E-state index contributed by atoms with van der Waals surface area (Å²) in [5.74, 6) is -0.821. The van der Waals surface area contributed by atoms with Gasteiger partial charge in [0.25, 0.3) is 5.91 Å². The molecule has 0 radical (unpaired) electrons. The van der Waals surface area contributed by atoms with Crippen molar-refractivity contribution in [3.8, 4) is 5.75 Å². The minimum Gasteiger partial charge on any atom is -0.405 e. The summed E-state index contributed by atoms with van der Waals surface area (Å²) in [5, 5.41) is 2.88. The first-order chi connectivity index (χ1) is 11.7. The topological polar surface area (TPSA) is 50.7 Å². The Morgan fingerprint density at radius 1 is 1.44 bits per heavy atom. The number of alkyl halides is 3. The molecule has 1 aliphatic rings. The third kappa shape index (κ3) is 4.94. The molecule has 1 amide bonds. The summed E-state index contributed by atoms with van der Waals surface area (Å²) in [6.07, 6.45) is 1.60. The van der Waals surface area contributed by atoms with Gasteiger partial charge in [0.15, 0.2) is 0 Å². The van der Waals surface area contributed by atoms with Crippen LogP contribution in [0.4, 0.5) is 13.2 Å². The Kier molecular flexibility index (Phi) is 5.72. The number of benzene rings is 1. The smallest absolute Gasteiger partial charge is 0.405 e. The van der Waals surface area contributed by atoms with Crippen LogP contribution in [0.25, 0.3) is 0 Å². The molecule has 1 aliphatic carbocycles. The normalized spacial score (nSPS) is 16.6. The van der Waals surface area contributed by atoms with Gasteiger partial charge in [0, 0.05) is 11.8 Å². The van der Waals surface area contributed by atoms with Crippen LogP contribution in [0.3, 0.4) is 0 Å². The Hall–Kier alpha value is -2.09. The van der Waals surface area contributed by atoms with E-state index in [9.17, 15) is 18.0 Å². The quantitative estimate of drug-likeness (QED) is 0.678. The number of ether oxygens (including phenoxy) is 1.